The van der Waals surface area contributed by atoms with E-state index in [4.69, 9.17) is 17.3 Å². The summed E-state index contributed by atoms with van der Waals surface area (Å²) >= 11 is 5.85. The van der Waals surface area contributed by atoms with Crippen molar-refractivity contribution in [3.63, 3.8) is 0 Å². The van der Waals surface area contributed by atoms with Crippen LogP contribution in [0.5, 0.6) is 0 Å². The van der Waals surface area contributed by atoms with E-state index in [9.17, 15) is 0 Å². The van der Waals surface area contributed by atoms with E-state index >= 15 is 0 Å². The molecule has 0 aromatic carbocycles. The summed E-state index contributed by atoms with van der Waals surface area (Å²) in [4.78, 5) is 8.37. The molecule has 7 heteroatoms. The van der Waals surface area contributed by atoms with E-state index in [0.29, 0.717) is 34.2 Å². The summed E-state index contributed by atoms with van der Waals surface area (Å²) in [6.45, 7) is 0.871. The molecule has 0 unspecified atom stereocenters. The van der Waals surface area contributed by atoms with Crippen LogP contribution in [0.3, 0.4) is 0 Å². The number of hydrogen-bond donors (Lipinski definition) is 2. The molecule has 0 amide bonds. The third kappa shape index (κ3) is 2.80. The Hall–Kier alpha value is -1.95. The number of aromatic nitrogens is 4. The summed E-state index contributed by atoms with van der Waals surface area (Å²) in [6.07, 6.45) is 3.84. The van der Waals surface area contributed by atoms with Crippen molar-refractivity contribution < 1.29 is 0 Å². The summed E-state index contributed by atoms with van der Waals surface area (Å²) in [7, 11) is 0. The molecule has 2 aromatic heterocycles. The molecule has 1 aliphatic rings. The van der Waals surface area contributed by atoms with Gasteiger partial charge in [-0.1, -0.05) is 24.1 Å². The van der Waals surface area contributed by atoms with Crippen molar-refractivity contribution in [3.8, 4) is 11.4 Å². The topological polar surface area (TPSA) is 89.6 Å². The molecule has 0 atom stereocenters. The van der Waals surface area contributed by atoms with Crippen LogP contribution in [-0.4, -0.2) is 26.7 Å². The minimum atomic E-state index is 0.297. The number of nitrogen functional groups attached to an aromatic ring is 1. The molecule has 2 heterocycles. The Balaban J connectivity index is 1.76. The number of nitrogens with one attached hydrogen (secondary N) is 1. The van der Waals surface area contributed by atoms with Gasteiger partial charge in [0.2, 0.25) is 5.95 Å². The average Bonchev–Trinajstić information content (AvgIpc) is 2.37. The molecule has 3 N–H and O–H groups in total. The van der Waals surface area contributed by atoms with Crippen LogP contribution in [0, 0.1) is 5.92 Å². The number of halogens is 1. The van der Waals surface area contributed by atoms with Crippen LogP contribution in [0.25, 0.3) is 11.4 Å². The highest BCUT2D eigenvalue weighted by molar-refractivity contribution is 6.29. The first-order chi connectivity index (χ1) is 9.72. The molecule has 2 aromatic rings. The van der Waals surface area contributed by atoms with E-state index < -0.39 is 0 Å². The van der Waals surface area contributed by atoms with Gasteiger partial charge in [-0.3, -0.25) is 0 Å². The fourth-order valence-electron chi connectivity index (χ4n) is 2.07. The standard InChI is InChI=1S/C13H15ClN6/c14-10-6-2-5-9(17-10)11-12(15)18-13(20-19-11)16-7-8-3-1-4-8/h2,5-6,8H,1,3-4,7H2,(H3,15,16,18,20). The lowest BCUT2D eigenvalue weighted by Gasteiger charge is -2.25. The number of nitrogens with two attached hydrogens (primary N) is 1. The SMILES string of the molecule is Nc1nc(NCC2CCC2)nnc1-c1cccc(Cl)n1. The lowest BCUT2D eigenvalue weighted by molar-refractivity contribution is 0.333. The van der Waals surface area contributed by atoms with Crippen molar-refractivity contribution >= 4 is 23.4 Å². The van der Waals surface area contributed by atoms with E-state index in [1.54, 1.807) is 18.2 Å². The minimum Gasteiger partial charge on any atom is -0.382 e. The van der Waals surface area contributed by atoms with Crippen LogP contribution in [0.1, 0.15) is 19.3 Å². The summed E-state index contributed by atoms with van der Waals surface area (Å²) < 4.78 is 0. The fraction of sp³-hybridized carbons (Fsp3) is 0.385. The second-order valence-electron chi connectivity index (χ2n) is 4.89. The van der Waals surface area contributed by atoms with E-state index in [-0.39, 0.29) is 0 Å². The molecule has 6 nitrogen and oxygen atoms in total. The van der Waals surface area contributed by atoms with Crippen molar-refractivity contribution in [1.29, 1.82) is 0 Å². The number of pyridine rings is 1. The summed E-state index contributed by atoms with van der Waals surface area (Å²) in [5, 5.41) is 11.7. The third-order valence-electron chi connectivity index (χ3n) is 3.45. The van der Waals surface area contributed by atoms with Gasteiger partial charge in [0.25, 0.3) is 0 Å². The second kappa shape index (κ2) is 5.58. The normalized spacial score (nSPS) is 14.8. The zero-order chi connectivity index (χ0) is 13.9. The molecule has 3 rings (SSSR count). The maximum atomic E-state index is 5.92. The quantitative estimate of drug-likeness (QED) is 0.840. The molecule has 1 aliphatic carbocycles. The summed E-state index contributed by atoms with van der Waals surface area (Å²) in [5.41, 5.74) is 6.94. The molecule has 0 saturated heterocycles. The third-order valence-corrected chi connectivity index (χ3v) is 3.66. The lowest BCUT2D eigenvalue weighted by Crippen LogP contribution is -2.22. The van der Waals surface area contributed by atoms with Gasteiger partial charge in [-0.25, -0.2) is 4.98 Å². The van der Waals surface area contributed by atoms with E-state index in [1.165, 1.54) is 19.3 Å². The Bertz CT molecular complexity index is 614. The molecule has 1 fully saturated rings. The van der Waals surface area contributed by atoms with Gasteiger partial charge in [0, 0.05) is 6.54 Å². The summed E-state index contributed by atoms with van der Waals surface area (Å²) in [5.74, 6) is 1.47. The van der Waals surface area contributed by atoms with Crippen molar-refractivity contribution in [3.05, 3.63) is 23.4 Å². The molecule has 0 radical (unpaired) electrons. The van der Waals surface area contributed by atoms with Crippen LogP contribution in [0.4, 0.5) is 11.8 Å². The highest BCUT2D eigenvalue weighted by atomic mass is 35.5. The van der Waals surface area contributed by atoms with Gasteiger partial charge in [0.05, 0.1) is 5.69 Å². The first-order valence-electron chi connectivity index (χ1n) is 6.59. The Kier molecular flexibility index (Phi) is 3.64. The van der Waals surface area contributed by atoms with Gasteiger partial charge < -0.3 is 11.1 Å². The molecule has 0 spiro atoms. The predicted octanol–water partition coefficient (Wildman–Crippen LogP) is 2.38. The Morgan fingerprint density at radius 2 is 2.10 bits per heavy atom. The van der Waals surface area contributed by atoms with Gasteiger partial charge in [0.1, 0.15) is 5.15 Å². The highest BCUT2D eigenvalue weighted by Crippen LogP contribution is 2.26. The predicted molar refractivity (Wildman–Crippen MR) is 78.3 cm³/mol. The highest BCUT2D eigenvalue weighted by Gasteiger charge is 2.17. The largest absolute Gasteiger partial charge is 0.382 e. The Morgan fingerprint density at radius 1 is 1.25 bits per heavy atom. The van der Waals surface area contributed by atoms with Crippen molar-refractivity contribution in [2.24, 2.45) is 5.92 Å². The van der Waals surface area contributed by atoms with Crippen LogP contribution in [0.2, 0.25) is 5.15 Å². The molecular weight excluding hydrogens is 276 g/mol. The monoisotopic (exact) mass is 290 g/mol. The van der Waals surface area contributed by atoms with Gasteiger partial charge in [-0.05, 0) is 30.9 Å². The molecular formula is C13H15ClN6. The smallest absolute Gasteiger partial charge is 0.244 e. The first-order valence-corrected chi connectivity index (χ1v) is 6.97. The van der Waals surface area contributed by atoms with Crippen molar-refractivity contribution in [2.75, 3.05) is 17.6 Å². The second-order valence-corrected chi connectivity index (χ2v) is 5.28. The van der Waals surface area contributed by atoms with Gasteiger partial charge in [-0.15, -0.1) is 10.2 Å². The van der Waals surface area contributed by atoms with Crippen LogP contribution in [-0.2, 0) is 0 Å². The molecule has 104 valence electrons. The van der Waals surface area contributed by atoms with Gasteiger partial charge >= 0.3 is 0 Å². The molecule has 20 heavy (non-hydrogen) atoms. The number of anilines is 2. The van der Waals surface area contributed by atoms with E-state index in [2.05, 4.69) is 25.5 Å². The molecule has 1 saturated carbocycles. The van der Waals surface area contributed by atoms with Crippen LogP contribution >= 0.6 is 11.6 Å². The Morgan fingerprint density at radius 3 is 2.75 bits per heavy atom. The van der Waals surface area contributed by atoms with Crippen LogP contribution < -0.4 is 11.1 Å². The Labute approximate surface area is 121 Å². The van der Waals surface area contributed by atoms with E-state index in [1.807, 2.05) is 0 Å². The maximum Gasteiger partial charge on any atom is 0.244 e. The maximum absolute atomic E-state index is 5.92. The average molecular weight is 291 g/mol. The lowest BCUT2D eigenvalue weighted by atomic mass is 9.85. The first kappa shape index (κ1) is 13.1. The van der Waals surface area contributed by atoms with Gasteiger partial charge in [-0.2, -0.15) is 4.98 Å². The molecule has 0 bridgehead atoms. The molecule has 0 aliphatic heterocycles. The van der Waals surface area contributed by atoms with Crippen LogP contribution in [0.15, 0.2) is 18.2 Å². The summed E-state index contributed by atoms with van der Waals surface area (Å²) in [6, 6.07) is 5.25. The minimum absolute atomic E-state index is 0.297. The number of hydrogen-bond acceptors (Lipinski definition) is 6. The van der Waals surface area contributed by atoms with Crippen molar-refractivity contribution in [1.82, 2.24) is 20.2 Å². The zero-order valence-electron chi connectivity index (χ0n) is 10.9. The van der Waals surface area contributed by atoms with Crippen molar-refractivity contribution in [2.45, 2.75) is 19.3 Å². The van der Waals surface area contributed by atoms with E-state index in [0.717, 1.165) is 6.54 Å². The number of nitrogens with zero attached hydrogens (tertiary/aromatic N) is 4. The number of rotatable bonds is 4. The zero-order valence-corrected chi connectivity index (χ0v) is 11.6. The fourth-order valence-corrected chi connectivity index (χ4v) is 2.23. The van der Waals surface area contributed by atoms with Gasteiger partial charge in [0.15, 0.2) is 11.5 Å².